The Morgan fingerprint density at radius 2 is 2.07 bits per heavy atom. The Bertz CT molecular complexity index is 375. The molecule has 1 aliphatic rings. The van der Waals surface area contributed by atoms with E-state index < -0.39 is 11.9 Å². The van der Waals surface area contributed by atoms with Crippen molar-refractivity contribution in [1.82, 2.24) is 0 Å². The van der Waals surface area contributed by atoms with E-state index >= 15 is 0 Å². The molecule has 1 aromatic rings. The second-order valence-electron chi connectivity index (χ2n) is 3.36. The molecule has 1 atom stereocenters. The topological polar surface area (TPSA) is 55.4 Å². The van der Waals surface area contributed by atoms with Gasteiger partial charge in [-0.15, -0.1) is 0 Å². The number of nitrogens with one attached hydrogen (secondary N) is 1. The first-order chi connectivity index (χ1) is 7.27. The minimum absolute atomic E-state index is 0.288. The number of esters is 1. The Morgan fingerprint density at radius 3 is 2.67 bits per heavy atom. The lowest BCUT2D eigenvalue weighted by Gasteiger charge is -2.07. The van der Waals surface area contributed by atoms with E-state index in [1.807, 2.05) is 18.2 Å². The molecule has 0 radical (unpaired) electrons. The average molecular weight is 205 g/mol. The largest absolute Gasteiger partial charge is 0.465 e. The number of para-hydroxylation sites is 1. The highest BCUT2D eigenvalue weighted by Crippen LogP contribution is 2.16. The van der Waals surface area contributed by atoms with Gasteiger partial charge in [0.2, 0.25) is 5.91 Å². The standard InChI is InChI=1S/C11H11NO3/c13-10(9-6-7-15-11(9)14)12-8-4-2-1-3-5-8/h1-5,9H,6-7H2,(H,12,13)/t9-/m1/s1. The van der Waals surface area contributed by atoms with Crippen LogP contribution >= 0.6 is 0 Å². The van der Waals surface area contributed by atoms with E-state index in [1.165, 1.54) is 0 Å². The minimum atomic E-state index is -0.648. The molecule has 78 valence electrons. The molecule has 0 bridgehead atoms. The van der Waals surface area contributed by atoms with Gasteiger partial charge < -0.3 is 10.1 Å². The maximum Gasteiger partial charge on any atom is 0.318 e. The van der Waals surface area contributed by atoms with Crippen molar-refractivity contribution in [3.05, 3.63) is 30.3 Å². The third-order valence-electron chi connectivity index (χ3n) is 2.29. The summed E-state index contributed by atoms with van der Waals surface area (Å²) in [7, 11) is 0. The molecular weight excluding hydrogens is 194 g/mol. The number of cyclic esters (lactones) is 1. The van der Waals surface area contributed by atoms with E-state index in [0.717, 1.165) is 0 Å². The van der Waals surface area contributed by atoms with E-state index in [0.29, 0.717) is 18.7 Å². The fourth-order valence-corrected chi connectivity index (χ4v) is 1.48. The van der Waals surface area contributed by atoms with Crippen molar-refractivity contribution in [1.29, 1.82) is 0 Å². The van der Waals surface area contributed by atoms with Crippen LogP contribution in [0.25, 0.3) is 0 Å². The summed E-state index contributed by atoms with van der Waals surface area (Å²) in [6, 6.07) is 9.06. The zero-order chi connectivity index (χ0) is 10.7. The number of amides is 1. The van der Waals surface area contributed by atoms with E-state index in [1.54, 1.807) is 12.1 Å². The van der Waals surface area contributed by atoms with Crippen molar-refractivity contribution in [3.8, 4) is 0 Å². The molecule has 0 spiro atoms. The predicted molar refractivity (Wildman–Crippen MR) is 54.1 cm³/mol. The quantitative estimate of drug-likeness (QED) is 0.582. The first kappa shape index (κ1) is 9.71. The molecule has 1 heterocycles. The van der Waals surface area contributed by atoms with Crippen LogP contribution in [0.3, 0.4) is 0 Å². The number of rotatable bonds is 2. The number of ether oxygens (including phenoxy) is 1. The maximum absolute atomic E-state index is 11.6. The van der Waals surface area contributed by atoms with Gasteiger partial charge in [-0.2, -0.15) is 0 Å². The van der Waals surface area contributed by atoms with Crippen LogP contribution in [0.5, 0.6) is 0 Å². The molecule has 1 aromatic carbocycles. The fraction of sp³-hybridized carbons (Fsp3) is 0.273. The van der Waals surface area contributed by atoms with Gasteiger partial charge in [0, 0.05) is 12.1 Å². The van der Waals surface area contributed by atoms with E-state index in [2.05, 4.69) is 5.32 Å². The lowest BCUT2D eigenvalue weighted by atomic mass is 10.1. The molecule has 0 aliphatic carbocycles. The van der Waals surface area contributed by atoms with Gasteiger partial charge in [0.15, 0.2) is 0 Å². The zero-order valence-corrected chi connectivity index (χ0v) is 8.10. The summed E-state index contributed by atoms with van der Waals surface area (Å²) in [5, 5.41) is 2.67. The average Bonchev–Trinajstić information content (AvgIpc) is 2.66. The summed E-state index contributed by atoms with van der Waals surface area (Å²) in [6.45, 7) is 0.339. The molecular formula is C11H11NO3. The Morgan fingerprint density at radius 1 is 1.33 bits per heavy atom. The van der Waals surface area contributed by atoms with Crippen molar-refractivity contribution in [2.75, 3.05) is 11.9 Å². The lowest BCUT2D eigenvalue weighted by molar-refractivity contribution is -0.143. The Hall–Kier alpha value is -1.84. The monoisotopic (exact) mass is 205 g/mol. The molecule has 1 aliphatic heterocycles. The second-order valence-corrected chi connectivity index (χ2v) is 3.36. The van der Waals surface area contributed by atoms with Crippen molar-refractivity contribution in [3.63, 3.8) is 0 Å². The molecule has 2 rings (SSSR count). The summed E-state index contributed by atoms with van der Waals surface area (Å²) in [6.07, 6.45) is 0.470. The van der Waals surface area contributed by atoms with Crippen LogP contribution in [0.1, 0.15) is 6.42 Å². The van der Waals surface area contributed by atoms with Crippen LogP contribution in [0.4, 0.5) is 5.69 Å². The number of hydrogen-bond acceptors (Lipinski definition) is 3. The van der Waals surface area contributed by atoms with Crippen molar-refractivity contribution >= 4 is 17.6 Å². The molecule has 0 aromatic heterocycles. The summed E-state index contributed by atoms with van der Waals surface area (Å²) in [5.74, 6) is -1.36. The molecule has 1 saturated heterocycles. The third kappa shape index (κ3) is 2.15. The molecule has 15 heavy (non-hydrogen) atoms. The van der Waals surface area contributed by atoms with Crippen LogP contribution in [-0.4, -0.2) is 18.5 Å². The predicted octanol–water partition coefficient (Wildman–Crippen LogP) is 1.19. The summed E-state index contributed by atoms with van der Waals surface area (Å²) in [5.41, 5.74) is 0.696. The number of carbonyl (C=O) groups excluding carboxylic acids is 2. The van der Waals surface area contributed by atoms with Crippen LogP contribution in [0, 0.1) is 5.92 Å². The van der Waals surface area contributed by atoms with Gasteiger partial charge in [0.05, 0.1) is 6.61 Å². The minimum Gasteiger partial charge on any atom is -0.465 e. The smallest absolute Gasteiger partial charge is 0.318 e. The van der Waals surface area contributed by atoms with Gasteiger partial charge in [0.1, 0.15) is 5.92 Å². The lowest BCUT2D eigenvalue weighted by Crippen LogP contribution is -2.26. The van der Waals surface area contributed by atoms with Gasteiger partial charge in [-0.05, 0) is 12.1 Å². The normalized spacial score (nSPS) is 19.7. The van der Waals surface area contributed by atoms with Gasteiger partial charge in [-0.3, -0.25) is 9.59 Å². The number of carbonyl (C=O) groups is 2. The van der Waals surface area contributed by atoms with Crippen molar-refractivity contribution in [2.24, 2.45) is 5.92 Å². The van der Waals surface area contributed by atoms with Crippen LogP contribution in [-0.2, 0) is 14.3 Å². The molecule has 0 unspecified atom stereocenters. The first-order valence-corrected chi connectivity index (χ1v) is 4.80. The number of anilines is 1. The highest BCUT2D eigenvalue weighted by molar-refractivity contribution is 6.05. The zero-order valence-electron chi connectivity index (χ0n) is 8.10. The summed E-state index contributed by atoms with van der Waals surface area (Å²) < 4.78 is 4.72. The van der Waals surface area contributed by atoms with Crippen LogP contribution in [0.15, 0.2) is 30.3 Å². The summed E-state index contributed by atoms with van der Waals surface area (Å²) >= 11 is 0. The molecule has 4 heteroatoms. The molecule has 1 N–H and O–H groups in total. The summed E-state index contributed by atoms with van der Waals surface area (Å²) in [4.78, 5) is 22.7. The number of benzene rings is 1. The Balaban J connectivity index is 2.01. The SMILES string of the molecule is O=C(Nc1ccccc1)[C@H]1CCOC1=O. The number of hydrogen-bond donors (Lipinski definition) is 1. The van der Waals surface area contributed by atoms with E-state index in [4.69, 9.17) is 4.74 Å². The van der Waals surface area contributed by atoms with E-state index in [9.17, 15) is 9.59 Å². The Kier molecular flexibility index (Phi) is 2.67. The molecule has 4 nitrogen and oxygen atoms in total. The fourth-order valence-electron chi connectivity index (χ4n) is 1.48. The Labute approximate surface area is 87.2 Å². The molecule has 1 amide bonds. The highest BCUT2D eigenvalue weighted by atomic mass is 16.5. The highest BCUT2D eigenvalue weighted by Gasteiger charge is 2.33. The van der Waals surface area contributed by atoms with Crippen LogP contribution in [0.2, 0.25) is 0 Å². The first-order valence-electron chi connectivity index (χ1n) is 4.80. The van der Waals surface area contributed by atoms with E-state index in [-0.39, 0.29) is 5.91 Å². The molecule has 0 saturated carbocycles. The second kappa shape index (κ2) is 4.13. The van der Waals surface area contributed by atoms with Gasteiger partial charge in [0.25, 0.3) is 0 Å². The van der Waals surface area contributed by atoms with Gasteiger partial charge >= 0.3 is 5.97 Å². The maximum atomic E-state index is 11.6. The third-order valence-corrected chi connectivity index (χ3v) is 2.29. The van der Waals surface area contributed by atoms with Gasteiger partial charge in [-0.25, -0.2) is 0 Å². The van der Waals surface area contributed by atoms with Gasteiger partial charge in [-0.1, -0.05) is 18.2 Å². The van der Waals surface area contributed by atoms with Crippen molar-refractivity contribution in [2.45, 2.75) is 6.42 Å². The van der Waals surface area contributed by atoms with Crippen molar-refractivity contribution < 1.29 is 14.3 Å². The molecule has 1 fully saturated rings. The van der Waals surface area contributed by atoms with Crippen LogP contribution < -0.4 is 5.32 Å².